The van der Waals surface area contributed by atoms with Gasteiger partial charge in [0, 0.05) is 18.5 Å². The molecule has 3 aromatic rings. The zero-order valence-corrected chi connectivity index (χ0v) is 16.7. The molecule has 0 bridgehead atoms. The lowest BCUT2D eigenvalue weighted by Gasteiger charge is -2.09. The lowest BCUT2D eigenvalue weighted by atomic mass is 10.0. The number of nitrogens with zero attached hydrogens (tertiary/aromatic N) is 1. The van der Waals surface area contributed by atoms with E-state index in [1.165, 1.54) is 11.1 Å². The van der Waals surface area contributed by atoms with Crippen LogP contribution < -0.4 is 9.47 Å². The molecule has 0 amide bonds. The van der Waals surface area contributed by atoms with Gasteiger partial charge in [-0.15, -0.1) is 0 Å². The van der Waals surface area contributed by atoms with Crippen molar-refractivity contribution in [2.45, 2.75) is 25.7 Å². The Kier molecular flexibility index (Phi) is 6.85. The summed E-state index contributed by atoms with van der Waals surface area (Å²) < 4.78 is 10.7. The Morgan fingerprint density at radius 1 is 0.759 bits per heavy atom. The minimum absolute atomic E-state index is 0.312. The van der Waals surface area contributed by atoms with E-state index in [0.29, 0.717) is 5.56 Å². The van der Waals surface area contributed by atoms with Crippen molar-refractivity contribution in [3.05, 3.63) is 88.7 Å². The van der Waals surface area contributed by atoms with Gasteiger partial charge in [-0.1, -0.05) is 18.2 Å². The van der Waals surface area contributed by atoms with Gasteiger partial charge >= 0.3 is 5.97 Å². The molecule has 1 aromatic heterocycles. The number of benzene rings is 2. The zero-order valence-electron chi connectivity index (χ0n) is 16.7. The normalized spacial score (nSPS) is 10.6. The van der Waals surface area contributed by atoms with E-state index >= 15 is 0 Å². The summed E-state index contributed by atoms with van der Waals surface area (Å²) in [4.78, 5) is 15.3. The van der Waals surface area contributed by atoms with Gasteiger partial charge in [-0.05, 0) is 72.2 Å². The summed E-state index contributed by atoms with van der Waals surface area (Å²) in [5.74, 6) is 0.683. The number of carbonyl (C=O) groups is 1. The monoisotopic (exact) mass is 391 g/mol. The summed E-state index contributed by atoms with van der Waals surface area (Å²) in [6.45, 7) is 0. The molecule has 0 aliphatic rings. The molecule has 5 heteroatoms. The van der Waals surface area contributed by atoms with Crippen LogP contribution in [0.25, 0.3) is 0 Å². The number of ether oxygens (including phenoxy) is 2. The molecule has 0 aliphatic heterocycles. The highest BCUT2D eigenvalue weighted by Gasteiger charge is 2.05. The van der Waals surface area contributed by atoms with E-state index in [-0.39, 0.29) is 0 Å². The molecule has 29 heavy (non-hydrogen) atoms. The van der Waals surface area contributed by atoms with Crippen molar-refractivity contribution in [2.75, 3.05) is 14.2 Å². The number of aromatic nitrogens is 1. The number of aryl methyl sites for hydroxylation is 4. The third-order valence-corrected chi connectivity index (χ3v) is 4.87. The fourth-order valence-electron chi connectivity index (χ4n) is 3.22. The molecule has 1 heterocycles. The summed E-state index contributed by atoms with van der Waals surface area (Å²) >= 11 is 0. The largest absolute Gasteiger partial charge is 0.497 e. The second-order valence-electron chi connectivity index (χ2n) is 6.92. The molecule has 150 valence electrons. The zero-order chi connectivity index (χ0) is 20.6. The minimum atomic E-state index is -0.901. The molecule has 5 nitrogen and oxygen atoms in total. The van der Waals surface area contributed by atoms with Gasteiger partial charge in [-0.3, -0.25) is 4.98 Å². The van der Waals surface area contributed by atoms with E-state index in [9.17, 15) is 4.79 Å². The number of hydrogen-bond donors (Lipinski definition) is 1. The molecule has 0 atom stereocenters. The molecular formula is C24H25NO4. The van der Waals surface area contributed by atoms with Crippen molar-refractivity contribution in [1.29, 1.82) is 0 Å². The number of hydrogen-bond acceptors (Lipinski definition) is 4. The van der Waals surface area contributed by atoms with Crippen LogP contribution in [0.5, 0.6) is 11.5 Å². The molecule has 0 saturated heterocycles. The van der Waals surface area contributed by atoms with Gasteiger partial charge in [0.1, 0.15) is 11.5 Å². The van der Waals surface area contributed by atoms with Crippen LogP contribution in [-0.2, 0) is 25.7 Å². The summed E-state index contributed by atoms with van der Waals surface area (Å²) in [7, 11) is 3.31. The first-order valence-electron chi connectivity index (χ1n) is 9.54. The number of methoxy groups -OCH3 is 2. The Hall–Kier alpha value is -3.34. The quantitative estimate of drug-likeness (QED) is 0.587. The summed E-state index contributed by atoms with van der Waals surface area (Å²) in [6, 6.07) is 15.2. The number of carboxylic acid groups (broad SMARTS) is 1. The highest BCUT2D eigenvalue weighted by atomic mass is 16.5. The highest BCUT2D eigenvalue weighted by molar-refractivity contribution is 5.87. The Labute approximate surface area is 171 Å². The molecule has 0 unspecified atom stereocenters. The number of carboxylic acids is 1. The maximum atomic E-state index is 10.9. The average Bonchev–Trinajstić information content (AvgIpc) is 2.76. The van der Waals surface area contributed by atoms with Gasteiger partial charge in [0.2, 0.25) is 0 Å². The fourth-order valence-corrected chi connectivity index (χ4v) is 3.22. The Morgan fingerprint density at radius 3 is 1.79 bits per heavy atom. The summed E-state index contributed by atoms with van der Waals surface area (Å²) in [5.41, 5.74) is 4.94. The van der Waals surface area contributed by atoms with Gasteiger partial charge in [0.15, 0.2) is 0 Å². The summed E-state index contributed by atoms with van der Waals surface area (Å²) in [6.07, 6.45) is 7.25. The maximum absolute atomic E-state index is 10.9. The smallest absolute Gasteiger partial charge is 0.335 e. The first-order valence-corrected chi connectivity index (χ1v) is 9.54. The SMILES string of the molecule is COc1cc(CCc2cncc(CCc3ccc(C(=O)O)cc3)c2)cc(OC)c1. The van der Waals surface area contributed by atoms with Gasteiger partial charge < -0.3 is 14.6 Å². The van der Waals surface area contributed by atoms with Crippen LogP contribution in [0.15, 0.2) is 60.9 Å². The molecule has 0 fully saturated rings. The third kappa shape index (κ3) is 5.82. The number of aromatic carboxylic acids is 1. The second-order valence-corrected chi connectivity index (χ2v) is 6.92. The molecule has 2 aromatic carbocycles. The molecule has 0 saturated carbocycles. The van der Waals surface area contributed by atoms with Crippen LogP contribution >= 0.6 is 0 Å². The standard InChI is InChI=1S/C24H25NO4/c1-28-22-12-18(13-23(14-22)29-2)4-6-20-11-19(15-25-16-20)5-3-17-7-9-21(10-8-17)24(26)27/h7-16H,3-6H2,1-2H3,(H,26,27). The minimum Gasteiger partial charge on any atom is -0.497 e. The maximum Gasteiger partial charge on any atom is 0.335 e. The van der Waals surface area contributed by atoms with Gasteiger partial charge in [0.25, 0.3) is 0 Å². The second kappa shape index (κ2) is 9.73. The third-order valence-electron chi connectivity index (χ3n) is 4.87. The van der Waals surface area contributed by atoms with Crippen molar-refractivity contribution in [2.24, 2.45) is 0 Å². The Morgan fingerprint density at radius 2 is 1.28 bits per heavy atom. The van der Waals surface area contributed by atoms with Crippen molar-refractivity contribution < 1.29 is 19.4 Å². The first-order chi connectivity index (χ1) is 14.1. The Bertz CT molecular complexity index is 945. The molecule has 0 spiro atoms. The highest BCUT2D eigenvalue weighted by Crippen LogP contribution is 2.23. The van der Waals surface area contributed by atoms with Crippen molar-refractivity contribution in [3.8, 4) is 11.5 Å². The van der Waals surface area contributed by atoms with Crippen LogP contribution in [-0.4, -0.2) is 30.3 Å². The predicted octanol–water partition coefficient (Wildman–Crippen LogP) is 4.37. The van der Waals surface area contributed by atoms with Crippen molar-refractivity contribution in [1.82, 2.24) is 4.98 Å². The first kappa shape index (κ1) is 20.4. The topological polar surface area (TPSA) is 68.7 Å². The molecule has 3 rings (SSSR count). The van der Waals surface area contributed by atoms with E-state index in [4.69, 9.17) is 14.6 Å². The molecule has 0 radical (unpaired) electrons. The van der Waals surface area contributed by atoms with Gasteiger partial charge in [0.05, 0.1) is 19.8 Å². The average molecular weight is 391 g/mol. The van der Waals surface area contributed by atoms with Gasteiger partial charge in [-0.25, -0.2) is 4.79 Å². The molecular weight excluding hydrogens is 366 g/mol. The van der Waals surface area contributed by atoms with Crippen LogP contribution in [0, 0.1) is 0 Å². The molecule has 0 aliphatic carbocycles. The van der Waals surface area contributed by atoms with Crippen LogP contribution in [0.3, 0.4) is 0 Å². The van der Waals surface area contributed by atoms with Crippen molar-refractivity contribution in [3.63, 3.8) is 0 Å². The number of rotatable bonds is 9. The van der Waals surface area contributed by atoms with E-state index in [1.54, 1.807) is 26.4 Å². The van der Waals surface area contributed by atoms with Crippen LogP contribution in [0.2, 0.25) is 0 Å². The fraction of sp³-hybridized carbons (Fsp3) is 0.250. The molecule has 1 N–H and O–H groups in total. The summed E-state index contributed by atoms with van der Waals surface area (Å²) in [5, 5.41) is 8.98. The van der Waals surface area contributed by atoms with E-state index in [1.807, 2.05) is 42.7 Å². The van der Waals surface area contributed by atoms with Crippen molar-refractivity contribution >= 4 is 5.97 Å². The van der Waals surface area contributed by atoms with Crippen LogP contribution in [0.4, 0.5) is 0 Å². The van der Waals surface area contributed by atoms with Gasteiger partial charge in [-0.2, -0.15) is 0 Å². The van der Waals surface area contributed by atoms with E-state index in [2.05, 4.69) is 11.1 Å². The Balaban J connectivity index is 1.60. The van der Waals surface area contributed by atoms with E-state index < -0.39 is 5.97 Å². The van der Waals surface area contributed by atoms with E-state index in [0.717, 1.165) is 48.3 Å². The predicted molar refractivity (Wildman–Crippen MR) is 112 cm³/mol. The number of pyridine rings is 1. The van der Waals surface area contributed by atoms with Crippen LogP contribution in [0.1, 0.15) is 32.6 Å². The lowest BCUT2D eigenvalue weighted by molar-refractivity contribution is 0.0697. The lowest BCUT2D eigenvalue weighted by Crippen LogP contribution is -1.99.